The first-order valence-corrected chi connectivity index (χ1v) is 10.6. The minimum atomic E-state index is -3.82. The van der Waals surface area contributed by atoms with Crippen molar-refractivity contribution in [1.29, 1.82) is 0 Å². The zero-order chi connectivity index (χ0) is 20.8. The van der Waals surface area contributed by atoms with Crippen LogP contribution in [0.4, 0.5) is 5.69 Å². The Hall–Kier alpha value is -3.10. The summed E-state index contributed by atoms with van der Waals surface area (Å²) in [6, 6.07) is 14.8. The van der Waals surface area contributed by atoms with Crippen molar-refractivity contribution < 1.29 is 8.42 Å². The van der Waals surface area contributed by atoms with E-state index in [4.69, 9.17) is 11.6 Å². The van der Waals surface area contributed by atoms with Crippen LogP contribution in [-0.4, -0.2) is 22.8 Å². The molecule has 1 N–H and O–H groups in total. The molecule has 7 nitrogen and oxygen atoms in total. The number of fused-ring (bicyclic) bond motifs is 1. The van der Waals surface area contributed by atoms with Crippen molar-refractivity contribution in [2.24, 2.45) is 7.05 Å². The molecule has 2 aromatic carbocycles. The predicted octanol–water partition coefficient (Wildman–Crippen LogP) is 3.49. The maximum Gasteiger partial charge on any atom is 0.290 e. The normalized spacial score (nSPS) is 11.7. The molecule has 4 rings (SSSR count). The summed E-state index contributed by atoms with van der Waals surface area (Å²) in [5, 5.41) is 0.839. The summed E-state index contributed by atoms with van der Waals surface area (Å²) in [6.07, 6.45) is 1.65. The van der Waals surface area contributed by atoms with Crippen molar-refractivity contribution in [1.82, 2.24) is 14.3 Å². The largest absolute Gasteiger partial charge is 0.290 e. The van der Waals surface area contributed by atoms with Gasteiger partial charge in [0.15, 0.2) is 0 Å². The van der Waals surface area contributed by atoms with Gasteiger partial charge in [0.1, 0.15) is 5.02 Å². The van der Waals surface area contributed by atoms with Crippen molar-refractivity contribution in [3.8, 4) is 5.69 Å². The van der Waals surface area contributed by atoms with E-state index < -0.39 is 10.0 Å². The van der Waals surface area contributed by atoms with Crippen LogP contribution in [0.25, 0.3) is 16.6 Å². The van der Waals surface area contributed by atoms with Gasteiger partial charge in [-0.05, 0) is 55.5 Å². The number of halogens is 1. The highest BCUT2D eigenvalue weighted by atomic mass is 35.5. The molecule has 0 amide bonds. The van der Waals surface area contributed by atoms with Gasteiger partial charge in [0, 0.05) is 18.6 Å². The summed E-state index contributed by atoms with van der Waals surface area (Å²) >= 11 is 6.03. The third-order valence-electron chi connectivity index (χ3n) is 4.76. The molecule has 0 aliphatic heterocycles. The Balaban J connectivity index is 1.70. The summed E-state index contributed by atoms with van der Waals surface area (Å²) in [5.41, 5.74) is 1.92. The molecule has 0 saturated heterocycles. The quantitative estimate of drug-likeness (QED) is 0.539. The summed E-state index contributed by atoms with van der Waals surface area (Å²) in [4.78, 5) is 16.6. The maximum atomic E-state index is 12.9. The zero-order valence-corrected chi connectivity index (χ0v) is 17.2. The summed E-state index contributed by atoms with van der Waals surface area (Å²) in [6.45, 7) is 1.74. The molecule has 148 valence electrons. The number of anilines is 1. The van der Waals surface area contributed by atoms with E-state index in [-0.39, 0.29) is 15.5 Å². The SMILES string of the molecule is Cc1c(Cl)c(=O)n(-c2ccc(S(=O)(=O)Nc3cccc4ncccc34)cc2)n1C. The lowest BCUT2D eigenvalue weighted by molar-refractivity contribution is 0.601. The van der Waals surface area contributed by atoms with E-state index in [2.05, 4.69) is 9.71 Å². The first kappa shape index (κ1) is 19.2. The predicted molar refractivity (Wildman–Crippen MR) is 113 cm³/mol. The van der Waals surface area contributed by atoms with Gasteiger partial charge in [-0.25, -0.2) is 13.1 Å². The number of hydrogen-bond donors (Lipinski definition) is 1. The van der Waals surface area contributed by atoms with E-state index in [9.17, 15) is 13.2 Å². The molecular formula is C20H17ClN4O3S. The molecule has 0 fully saturated rings. The number of benzene rings is 2. The Morgan fingerprint density at radius 2 is 1.76 bits per heavy atom. The van der Waals surface area contributed by atoms with Crippen LogP contribution >= 0.6 is 11.6 Å². The van der Waals surface area contributed by atoms with Gasteiger partial charge in [0.05, 0.1) is 27.5 Å². The van der Waals surface area contributed by atoms with Gasteiger partial charge in [-0.2, -0.15) is 0 Å². The minimum absolute atomic E-state index is 0.0761. The highest BCUT2D eigenvalue weighted by Gasteiger charge is 2.18. The van der Waals surface area contributed by atoms with Crippen LogP contribution in [0.1, 0.15) is 5.69 Å². The molecule has 2 aromatic heterocycles. The Kier molecular flexibility index (Phi) is 4.68. The molecule has 9 heteroatoms. The molecule has 0 radical (unpaired) electrons. The fraction of sp³-hybridized carbons (Fsp3) is 0.100. The van der Waals surface area contributed by atoms with Crippen LogP contribution in [0, 0.1) is 6.92 Å². The monoisotopic (exact) mass is 428 g/mol. The van der Waals surface area contributed by atoms with Crippen LogP contribution in [0.15, 0.2) is 70.5 Å². The number of rotatable bonds is 4. The van der Waals surface area contributed by atoms with E-state index in [1.54, 1.807) is 61.2 Å². The molecule has 0 saturated carbocycles. The Morgan fingerprint density at radius 1 is 1.03 bits per heavy atom. The Labute approximate surface area is 172 Å². The summed E-state index contributed by atoms with van der Waals surface area (Å²) in [5.74, 6) is 0. The van der Waals surface area contributed by atoms with Gasteiger partial charge in [0.2, 0.25) is 0 Å². The molecular weight excluding hydrogens is 412 g/mol. The van der Waals surface area contributed by atoms with Crippen molar-refractivity contribution in [3.05, 3.63) is 81.9 Å². The van der Waals surface area contributed by atoms with Crippen LogP contribution in [0.2, 0.25) is 5.02 Å². The molecule has 4 aromatic rings. The van der Waals surface area contributed by atoms with Gasteiger partial charge in [-0.3, -0.25) is 19.2 Å². The molecule has 0 bridgehead atoms. The number of sulfonamides is 1. The number of aromatic nitrogens is 3. The van der Waals surface area contributed by atoms with Crippen LogP contribution < -0.4 is 10.3 Å². The molecule has 29 heavy (non-hydrogen) atoms. The van der Waals surface area contributed by atoms with Gasteiger partial charge in [-0.1, -0.05) is 17.7 Å². The molecule has 0 spiro atoms. The van der Waals surface area contributed by atoms with E-state index >= 15 is 0 Å². The zero-order valence-electron chi connectivity index (χ0n) is 15.6. The van der Waals surface area contributed by atoms with Gasteiger partial charge in [0.25, 0.3) is 15.6 Å². The third kappa shape index (κ3) is 3.30. The van der Waals surface area contributed by atoms with Gasteiger partial charge in [-0.15, -0.1) is 0 Å². The maximum absolute atomic E-state index is 12.9. The fourth-order valence-corrected chi connectivity index (χ4v) is 4.41. The molecule has 0 aliphatic rings. The Bertz CT molecular complexity index is 1380. The fourth-order valence-electron chi connectivity index (χ4n) is 3.13. The van der Waals surface area contributed by atoms with Crippen LogP contribution in [-0.2, 0) is 17.1 Å². The number of nitrogens with one attached hydrogen (secondary N) is 1. The first-order valence-electron chi connectivity index (χ1n) is 8.71. The topological polar surface area (TPSA) is 86.0 Å². The van der Waals surface area contributed by atoms with E-state index in [1.807, 2.05) is 6.07 Å². The van der Waals surface area contributed by atoms with Crippen molar-refractivity contribution in [2.75, 3.05) is 4.72 Å². The van der Waals surface area contributed by atoms with Gasteiger partial charge < -0.3 is 0 Å². The first-order chi connectivity index (χ1) is 13.8. The lowest BCUT2D eigenvalue weighted by Gasteiger charge is -2.12. The number of hydrogen-bond acceptors (Lipinski definition) is 4. The van der Waals surface area contributed by atoms with E-state index in [1.165, 1.54) is 16.8 Å². The molecule has 0 aliphatic carbocycles. The lowest BCUT2D eigenvalue weighted by atomic mass is 10.2. The summed E-state index contributed by atoms with van der Waals surface area (Å²) in [7, 11) is -2.11. The highest BCUT2D eigenvalue weighted by molar-refractivity contribution is 7.92. The molecule has 0 atom stereocenters. The molecule has 2 heterocycles. The van der Waals surface area contributed by atoms with Crippen LogP contribution in [0.5, 0.6) is 0 Å². The molecule has 0 unspecified atom stereocenters. The average molecular weight is 429 g/mol. The summed E-state index contributed by atoms with van der Waals surface area (Å²) < 4.78 is 31.3. The second-order valence-electron chi connectivity index (χ2n) is 6.52. The van der Waals surface area contributed by atoms with E-state index in [0.29, 0.717) is 28.0 Å². The lowest BCUT2D eigenvalue weighted by Crippen LogP contribution is -2.20. The highest BCUT2D eigenvalue weighted by Crippen LogP contribution is 2.25. The van der Waals surface area contributed by atoms with Crippen LogP contribution in [0.3, 0.4) is 0 Å². The van der Waals surface area contributed by atoms with Crippen molar-refractivity contribution >= 4 is 38.2 Å². The minimum Gasteiger partial charge on any atom is -0.284 e. The Morgan fingerprint density at radius 3 is 2.41 bits per heavy atom. The number of pyridine rings is 1. The third-order valence-corrected chi connectivity index (χ3v) is 6.58. The van der Waals surface area contributed by atoms with Gasteiger partial charge >= 0.3 is 0 Å². The standard InChI is InChI=1S/C20H17ClN4O3S/c1-13-19(21)20(26)25(24(13)2)14-8-10-15(11-9-14)29(27,28)23-18-7-3-6-17-16(18)5-4-12-22-17/h3-12,23H,1-2H3. The smallest absolute Gasteiger partial charge is 0.284 e. The second kappa shape index (κ2) is 7.06. The second-order valence-corrected chi connectivity index (χ2v) is 8.58. The average Bonchev–Trinajstić information content (AvgIpc) is 2.91. The number of nitrogens with zero attached hydrogens (tertiary/aromatic N) is 3. The van der Waals surface area contributed by atoms with E-state index in [0.717, 1.165) is 0 Å². The van der Waals surface area contributed by atoms with Crippen molar-refractivity contribution in [3.63, 3.8) is 0 Å². The van der Waals surface area contributed by atoms with Crippen molar-refractivity contribution in [2.45, 2.75) is 11.8 Å².